The van der Waals surface area contributed by atoms with Crippen LogP contribution in [0.2, 0.25) is 0 Å². The molecule has 0 bridgehead atoms. The first-order valence-electron chi connectivity index (χ1n) is 5.45. The number of methoxy groups -OCH3 is 1. The Balaban J connectivity index is 2.19. The van der Waals surface area contributed by atoms with Crippen LogP contribution < -0.4 is 4.74 Å². The molecule has 2 heterocycles. The number of imidazole rings is 1. The molecule has 2 aromatic heterocycles. The second kappa shape index (κ2) is 4.03. The first-order chi connectivity index (χ1) is 8.78. The van der Waals surface area contributed by atoms with E-state index in [2.05, 4.69) is 9.97 Å². The van der Waals surface area contributed by atoms with E-state index in [0.717, 1.165) is 11.3 Å². The summed E-state index contributed by atoms with van der Waals surface area (Å²) in [5, 5.41) is 9.44. The number of ether oxygens (including phenoxy) is 1. The molecule has 90 valence electrons. The van der Waals surface area contributed by atoms with E-state index >= 15 is 0 Å². The van der Waals surface area contributed by atoms with Crippen molar-refractivity contribution in [3.63, 3.8) is 0 Å². The van der Waals surface area contributed by atoms with Crippen LogP contribution in [-0.4, -0.2) is 26.6 Å². The maximum Gasteiger partial charge on any atom is 0.234 e. The van der Waals surface area contributed by atoms with E-state index in [-0.39, 0.29) is 5.75 Å². The van der Waals surface area contributed by atoms with Gasteiger partial charge in [-0.3, -0.25) is 4.40 Å². The molecular weight excluding hydrogens is 230 g/mol. The smallest absolute Gasteiger partial charge is 0.234 e. The molecule has 0 aliphatic carbocycles. The van der Waals surface area contributed by atoms with Crippen LogP contribution in [0.25, 0.3) is 17.0 Å². The zero-order valence-corrected chi connectivity index (χ0v) is 9.74. The van der Waals surface area contributed by atoms with Gasteiger partial charge in [-0.1, -0.05) is 0 Å². The topological polar surface area (TPSA) is 59.7 Å². The number of rotatable bonds is 2. The van der Waals surface area contributed by atoms with Crippen LogP contribution in [0, 0.1) is 0 Å². The van der Waals surface area contributed by atoms with Gasteiger partial charge in [0.2, 0.25) is 5.78 Å². The molecule has 0 spiro atoms. The highest BCUT2D eigenvalue weighted by molar-refractivity contribution is 5.69. The molecule has 0 saturated carbocycles. The van der Waals surface area contributed by atoms with Gasteiger partial charge >= 0.3 is 0 Å². The molecule has 5 heteroatoms. The number of aromatic hydroxyl groups is 1. The summed E-state index contributed by atoms with van der Waals surface area (Å²) >= 11 is 0. The van der Waals surface area contributed by atoms with Crippen molar-refractivity contribution in [3.8, 4) is 22.8 Å². The van der Waals surface area contributed by atoms with Crippen molar-refractivity contribution in [2.24, 2.45) is 0 Å². The fraction of sp³-hybridized carbons (Fsp3) is 0.0769. The van der Waals surface area contributed by atoms with E-state index in [4.69, 9.17) is 4.74 Å². The summed E-state index contributed by atoms with van der Waals surface area (Å²) in [6.07, 6.45) is 5.45. The predicted octanol–water partition coefficient (Wildman–Crippen LogP) is 2.11. The molecule has 5 nitrogen and oxygen atoms in total. The first-order valence-corrected chi connectivity index (χ1v) is 5.45. The van der Waals surface area contributed by atoms with E-state index in [1.54, 1.807) is 31.5 Å². The third kappa shape index (κ3) is 1.66. The normalized spacial score (nSPS) is 10.7. The summed E-state index contributed by atoms with van der Waals surface area (Å²) in [7, 11) is 1.56. The maximum absolute atomic E-state index is 9.44. The van der Waals surface area contributed by atoms with Gasteiger partial charge in [0.1, 0.15) is 11.5 Å². The van der Waals surface area contributed by atoms with Crippen molar-refractivity contribution in [2.75, 3.05) is 7.11 Å². The molecule has 0 fully saturated rings. The Kier molecular flexibility index (Phi) is 2.37. The Bertz CT molecular complexity index is 673. The monoisotopic (exact) mass is 241 g/mol. The number of aromatic nitrogens is 3. The van der Waals surface area contributed by atoms with E-state index in [0.29, 0.717) is 11.5 Å². The Hall–Kier alpha value is -2.56. The Morgan fingerprint density at radius 3 is 3.00 bits per heavy atom. The average molecular weight is 241 g/mol. The van der Waals surface area contributed by atoms with Gasteiger partial charge in [0.25, 0.3) is 0 Å². The lowest BCUT2D eigenvalue weighted by molar-refractivity contribution is 0.409. The number of hydrogen-bond donors (Lipinski definition) is 1. The minimum absolute atomic E-state index is 0.164. The number of nitrogens with zero attached hydrogens (tertiary/aromatic N) is 3. The minimum atomic E-state index is 0.164. The van der Waals surface area contributed by atoms with Gasteiger partial charge in [-0.15, -0.1) is 0 Å². The molecule has 0 atom stereocenters. The summed E-state index contributed by atoms with van der Waals surface area (Å²) in [5.74, 6) is 1.37. The Morgan fingerprint density at radius 2 is 2.22 bits per heavy atom. The second-order valence-corrected chi connectivity index (χ2v) is 3.84. The number of benzene rings is 1. The number of hydrogen-bond acceptors (Lipinski definition) is 4. The van der Waals surface area contributed by atoms with E-state index < -0.39 is 0 Å². The summed E-state index contributed by atoms with van der Waals surface area (Å²) < 4.78 is 7.08. The van der Waals surface area contributed by atoms with Crippen LogP contribution in [0.5, 0.6) is 11.5 Å². The lowest BCUT2D eigenvalue weighted by Crippen LogP contribution is -1.87. The number of phenolic OH excluding ortho intramolecular Hbond substituents is 1. The number of fused-ring (bicyclic) bond motifs is 1. The molecule has 3 rings (SSSR count). The summed E-state index contributed by atoms with van der Waals surface area (Å²) in [6.45, 7) is 0. The maximum atomic E-state index is 9.44. The zero-order valence-electron chi connectivity index (χ0n) is 9.74. The molecule has 3 aromatic rings. The standard InChI is InChI=1S/C13H11N3O2/c1-18-12-7-9(17)3-4-10(12)11-8-16-6-2-5-14-13(16)15-11/h2-8,17H,1H3. The summed E-state index contributed by atoms with van der Waals surface area (Å²) in [6, 6.07) is 6.78. The van der Waals surface area contributed by atoms with Crippen molar-refractivity contribution in [3.05, 3.63) is 42.9 Å². The van der Waals surface area contributed by atoms with Gasteiger partial charge in [-0.05, 0) is 18.2 Å². The molecule has 0 amide bonds. The van der Waals surface area contributed by atoms with E-state index in [1.165, 1.54) is 0 Å². The highest BCUT2D eigenvalue weighted by atomic mass is 16.5. The van der Waals surface area contributed by atoms with Crippen molar-refractivity contribution in [2.45, 2.75) is 0 Å². The predicted molar refractivity (Wildman–Crippen MR) is 66.6 cm³/mol. The highest BCUT2D eigenvalue weighted by Crippen LogP contribution is 2.32. The third-order valence-electron chi connectivity index (χ3n) is 2.70. The molecule has 1 aromatic carbocycles. The Morgan fingerprint density at radius 1 is 1.33 bits per heavy atom. The van der Waals surface area contributed by atoms with Gasteiger partial charge in [0.15, 0.2) is 0 Å². The summed E-state index contributed by atoms with van der Waals surface area (Å²) in [4.78, 5) is 8.57. The van der Waals surface area contributed by atoms with Gasteiger partial charge in [-0.2, -0.15) is 0 Å². The molecule has 18 heavy (non-hydrogen) atoms. The lowest BCUT2D eigenvalue weighted by Gasteiger charge is -2.05. The van der Waals surface area contributed by atoms with Gasteiger partial charge in [-0.25, -0.2) is 9.97 Å². The third-order valence-corrected chi connectivity index (χ3v) is 2.70. The molecular formula is C13H11N3O2. The van der Waals surface area contributed by atoms with Crippen molar-refractivity contribution in [1.82, 2.24) is 14.4 Å². The van der Waals surface area contributed by atoms with Crippen molar-refractivity contribution < 1.29 is 9.84 Å². The van der Waals surface area contributed by atoms with Crippen LogP contribution in [-0.2, 0) is 0 Å². The molecule has 0 aliphatic rings. The van der Waals surface area contributed by atoms with Crippen LogP contribution in [0.15, 0.2) is 42.9 Å². The fourth-order valence-corrected chi connectivity index (χ4v) is 1.85. The summed E-state index contributed by atoms with van der Waals surface area (Å²) in [5.41, 5.74) is 1.58. The Labute approximate surface area is 103 Å². The average Bonchev–Trinajstić information content (AvgIpc) is 2.82. The van der Waals surface area contributed by atoms with Crippen molar-refractivity contribution >= 4 is 5.78 Å². The van der Waals surface area contributed by atoms with Crippen molar-refractivity contribution in [1.29, 1.82) is 0 Å². The first kappa shape index (κ1) is 10.6. The minimum Gasteiger partial charge on any atom is -0.508 e. The van der Waals surface area contributed by atoms with Crippen LogP contribution in [0.3, 0.4) is 0 Å². The van der Waals surface area contributed by atoms with Crippen LogP contribution >= 0.6 is 0 Å². The largest absolute Gasteiger partial charge is 0.508 e. The van der Waals surface area contributed by atoms with Gasteiger partial charge in [0.05, 0.1) is 12.8 Å². The zero-order chi connectivity index (χ0) is 12.5. The number of phenols is 1. The molecule has 1 N–H and O–H groups in total. The molecule has 0 radical (unpaired) electrons. The van der Waals surface area contributed by atoms with E-state index in [1.807, 2.05) is 22.9 Å². The molecule has 0 saturated heterocycles. The van der Waals surface area contributed by atoms with Crippen LogP contribution in [0.4, 0.5) is 0 Å². The SMILES string of the molecule is COc1cc(O)ccc1-c1cn2cccnc2n1. The van der Waals surface area contributed by atoms with Gasteiger partial charge in [0, 0.05) is 30.2 Å². The molecule has 0 aliphatic heterocycles. The van der Waals surface area contributed by atoms with Gasteiger partial charge < -0.3 is 9.84 Å². The lowest BCUT2D eigenvalue weighted by atomic mass is 10.1. The quantitative estimate of drug-likeness (QED) is 0.746. The highest BCUT2D eigenvalue weighted by Gasteiger charge is 2.10. The molecule has 0 unspecified atom stereocenters. The fourth-order valence-electron chi connectivity index (χ4n) is 1.85. The second-order valence-electron chi connectivity index (χ2n) is 3.84. The van der Waals surface area contributed by atoms with Crippen LogP contribution in [0.1, 0.15) is 0 Å². The van der Waals surface area contributed by atoms with E-state index in [9.17, 15) is 5.11 Å².